The molecule has 12 heteroatoms. The molecule has 1 unspecified atom stereocenters. The Kier molecular flexibility index (Phi) is 7.83. The van der Waals surface area contributed by atoms with Crippen LogP contribution >= 0.6 is 0 Å². The van der Waals surface area contributed by atoms with Crippen LogP contribution in [0.4, 0.5) is 21.8 Å². The molecular formula is C24H25FN6O3S2. The average Bonchev–Trinajstić information content (AvgIpc) is 2.85. The Balaban J connectivity index is 1.47. The highest BCUT2D eigenvalue weighted by Crippen LogP contribution is 2.22. The van der Waals surface area contributed by atoms with Gasteiger partial charge in [-0.05, 0) is 49.2 Å². The number of hydrogen-bond donors (Lipinski definition) is 4. The standard InChI is InChI=1S/C24H25FN6O3S2/c25-19-8-5-11-22(15-19)36(33,34)29-13-2-1-7-18-17-28-24-30-20-9-6-10-21(16-20)35(26,32)14-4-3-12-27-23(18)31-24/h5-6,8-11,15-17,26,29H,2-4,12-14H2,(H2,27,28,30,31). The number of hydrogen-bond acceptors (Lipinski definition) is 8. The Morgan fingerprint density at radius 1 is 1.17 bits per heavy atom. The smallest absolute Gasteiger partial charge is 0.240 e. The Bertz CT molecular complexity index is 1530. The summed E-state index contributed by atoms with van der Waals surface area (Å²) in [6.45, 7) is 0.601. The molecule has 1 aromatic heterocycles. The maximum Gasteiger partial charge on any atom is 0.240 e. The van der Waals surface area contributed by atoms with Gasteiger partial charge in [0.15, 0.2) is 0 Å². The third-order valence-corrected chi connectivity index (χ3v) is 8.62. The Hall–Kier alpha value is -3.53. The fourth-order valence-electron chi connectivity index (χ4n) is 3.45. The van der Waals surface area contributed by atoms with Gasteiger partial charge in [-0.3, -0.25) is 0 Å². The van der Waals surface area contributed by atoms with Crippen molar-refractivity contribution < 1.29 is 17.0 Å². The third-order valence-electron chi connectivity index (χ3n) is 5.28. The molecule has 36 heavy (non-hydrogen) atoms. The van der Waals surface area contributed by atoms with E-state index in [0.29, 0.717) is 47.3 Å². The van der Waals surface area contributed by atoms with Crippen molar-refractivity contribution >= 4 is 37.2 Å². The van der Waals surface area contributed by atoms with Gasteiger partial charge in [0.25, 0.3) is 0 Å². The number of anilines is 3. The van der Waals surface area contributed by atoms with Crippen molar-refractivity contribution in [3.8, 4) is 11.8 Å². The molecule has 0 saturated carbocycles. The summed E-state index contributed by atoms with van der Waals surface area (Å²) in [5.41, 5.74) is 1.17. The van der Waals surface area contributed by atoms with Gasteiger partial charge in [0.05, 0.1) is 26.4 Å². The van der Waals surface area contributed by atoms with Crippen LogP contribution in [0.1, 0.15) is 24.8 Å². The van der Waals surface area contributed by atoms with E-state index in [2.05, 4.69) is 37.2 Å². The predicted octanol–water partition coefficient (Wildman–Crippen LogP) is 3.69. The lowest BCUT2D eigenvalue weighted by atomic mass is 10.2. The minimum absolute atomic E-state index is 0.0534. The predicted molar refractivity (Wildman–Crippen MR) is 137 cm³/mol. The van der Waals surface area contributed by atoms with Gasteiger partial charge in [-0.15, -0.1) is 0 Å². The number of halogens is 1. The van der Waals surface area contributed by atoms with E-state index in [0.717, 1.165) is 6.07 Å². The molecule has 4 rings (SSSR count). The summed E-state index contributed by atoms with van der Waals surface area (Å²) in [6.07, 6.45) is 3.09. The van der Waals surface area contributed by atoms with Gasteiger partial charge in [0, 0.05) is 35.8 Å². The third kappa shape index (κ3) is 6.57. The maximum absolute atomic E-state index is 13.3. The first-order chi connectivity index (χ1) is 17.2. The molecular weight excluding hydrogens is 503 g/mol. The summed E-state index contributed by atoms with van der Waals surface area (Å²) in [4.78, 5) is 9.14. The maximum atomic E-state index is 13.3. The van der Waals surface area contributed by atoms with Crippen molar-refractivity contribution in [3.05, 3.63) is 66.1 Å². The molecule has 0 spiro atoms. The first kappa shape index (κ1) is 25.6. The van der Waals surface area contributed by atoms with Gasteiger partial charge in [0.2, 0.25) is 16.0 Å². The molecule has 0 saturated heterocycles. The van der Waals surface area contributed by atoms with Crippen LogP contribution in [0.25, 0.3) is 0 Å². The van der Waals surface area contributed by atoms with Crippen LogP contribution in [-0.4, -0.2) is 41.4 Å². The second-order valence-electron chi connectivity index (χ2n) is 8.03. The van der Waals surface area contributed by atoms with Crippen molar-refractivity contribution in [1.82, 2.24) is 14.7 Å². The van der Waals surface area contributed by atoms with Gasteiger partial charge in [0.1, 0.15) is 11.6 Å². The van der Waals surface area contributed by atoms with E-state index in [1.165, 1.54) is 18.2 Å². The fraction of sp³-hybridized carbons (Fsp3) is 0.250. The molecule has 9 nitrogen and oxygen atoms in total. The second kappa shape index (κ2) is 11.0. The van der Waals surface area contributed by atoms with Crippen LogP contribution < -0.4 is 15.4 Å². The molecule has 3 aromatic rings. The quantitative estimate of drug-likeness (QED) is 0.299. The lowest BCUT2D eigenvalue weighted by Gasteiger charge is -2.10. The van der Waals surface area contributed by atoms with Crippen LogP contribution in [0.5, 0.6) is 0 Å². The van der Waals surface area contributed by atoms with Crippen molar-refractivity contribution in [1.29, 1.82) is 4.78 Å². The molecule has 4 N–H and O–H groups in total. The highest BCUT2D eigenvalue weighted by molar-refractivity contribution is 7.92. The highest BCUT2D eigenvalue weighted by Gasteiger charge is 2.14. The molecule has 0 aliphatic carbocycles. The molecule has 0 fully saturated rings. The minimum atomic E-state index is -3.83. The lowest BCUT2D eigenvalue weighted by molar-refractivity contribution is 0.578. The van der Waals surface area contributed by atoms with Gasteiger partial charge < -0.3 is 10.6 Å². The number of fused-ring (bicyclic) bond motifs is 4. The number of aromatic nitrogens is 2. The molecule has 1 aliphatic heterocycles. The fourth-order valence-corrected chi connectivity index (χ4v) is 5.98. The summed E-state index contributed by atoms with van der Waals surface area (Å²) in [5, 5.41) is 6.30. The molecule has 0 radical (unpaired) electrons. The highest BCUT2D eigenvalue weighted by atomic mass is 32.2. The molecule has 1 atom stereocenters. The summed E-state index contributed by atoms with van der Waals surface area (Å²) >= 11 is 0. The van der Waals surface area contributed by atoms with Gasteiger partial charge in [-0.1, -0.05) is 24.0 Å². The van der Waals surface area contributed by atoms with Crippen LogP contribution in [0.3, 0.4) is 0 Å². The second-order valence-corrected chi connectivity index (χ2v) is 12.0. The number of benzene rings is 2. The van der Waals surface area contributed by atoms with E-state index < -0.39 is 25.6 Å². The largest absolute Gasteiger partial charge is 0.369 e. The number of rotatable bonds is 4. The molecule has 2 heterocycles. The summed E-state index contributed by atoms with van der Waals surface area (Å²) < 4.78 is 61.4. The van der Waals surface area contributed by atoms with Crippen LogP contribution in [-0.2, 0) is 19.8 Å². The SMILES string of the molecule is N=S1(=O)CCCCNc2nc(ncc2C#CCCNS(=O)(=O)c2cccc(F)c2)Nc2cccc1c2. The minimum Gasteiger partial charge on any atom is -0.369 e. The zero-order valence-electron chi connectivity index (χ0n) is 19.3. The summed E-state index contributed by atoms with van der Waals surface area (Å²) in [6, 6.07) is 11.7. The van der Waals surface area contributed by atoms with Crippen molar-refractivity contribution in [2.45, 2.75) is 29.1 Å². The molecule has 0 amide bonds. The molecule has 4 bridgehead atoms. The first-order valence-corrected chi connectivity index (χ1v) is 14.4. The van der Waals surface area contributed by atoms with Crippen LogP contribution in [0.15, 0.2) is 64.5 Å². The van der Waals surface area contributed by atoms with Gasteiger partial charge in [-0.25, -0.2) is 31.5 Å². The number of sulfonamides is 1. The van der Waals surface area contributed by atoms with Crippen LogP contribution in [0, 0.1) is 22.4 Å². The van der Waals surface area contributed by atoms with E-state index in [1.54, 1.807) is 30.5 Å². The average molecular weight is 529 g/mol. The number of nitrogens with one attached hydrogen (secondary N) is 4. The van der Waals surface area contributed by atoms with E-state index >= 15 is 0 Å². The van der Waals surface area contributed by atoms with Gasteiger partial charge >= 0.3 is 0 Å². The van der Waals surface area contributed by atoms with E-state index in [4.69, 9.17) is 4.78 Å². The monoisotopic (exact) mass is 528 g/mol. The summed E-state index contributed by atoms with van der Waals surface area (Å²) in [7, 11) is -6.72. The van der Waals surface area contributed by atoms with E-state index in [-0.39, 0.29) is 23.6 Å². The van der Waals surface area contributed by atoms with E-state index in [9.17, 15) is 17.0 Å². The van der Waals surface area contributed by atoms with Gasteiger partial charge in [-0.2, -0.15) is 4.98 Å². The Labute approximate surface area is 210 Å². The first-order valence-electron chi connectivity index (χ1n) is 11.2. The summed E-state index contributed by atoms with van der Waals surface area (Å²) in [5.74, 6) is 6.35. The van der Waals surface area contributed by atoms with Crippen molar-refractivity contribution in [3.63, 3.8) is 0 Å². The zero-order chi connectivity index (χ0) is 25.6. The zero-order valence-corrected chi connectivity index (χ0v) is 20.9. The van der Waals surface area contributed by atoms with Crippen molar-refractivity contribution in [2.75, 3.05) is 29.5 Å². The molecule has 2 aromatic carbocycles. The molecule has 188 valence electrons. The Morgan fingerprint density at radius 2 is 2.00 bits per heavy atom. The van der Waals surface area contributed by atoms with Crippen LogP contribution in [0.2, 0.25) is 0 Å². The topological polar surface area (TPSA) is 137 Å². The normalized spacial score (nSPS) is 17.7. The molecule has 1 aliphatic rings. The number of nitrogens with zero attached hydrogens (tertiary/aromatic N) is 2. The van der Waals surface area contributed by atoms with Crippen molar-refractivity contribution in [2.24, 2.45) is 0 Å². The Morgan fingerprint density at radius 3 is 2.83 bits per heavy atom. The van der Waals surface area contributed by atoms with E-state index in [1.807, 2.05) is 0 Å². The lowest BCUT2D eigenvalue weighted by Crippen LogP contribution is -2.24.